The lowest BCUT2D eigenvalue weighted by molar-refractivity contribution is -0.130. The zero-order chi connectivity index (χ0) is 20.6. The first kappa shape index (κ1) is 20.9. The Hall–Kier alpha value is -2.78. The Labute approximate surface area is 171 Å². The summed E-state index contributed by atoms with van der Waals surface area (Å²) in [6, 6.07) is 7.77. The maximum atomic E-state index is 12.3. The number of amides is 2. The van der Waals surface area contributed by atoms with Crippen molar-refractivity contribution in [3.8, 4) is 0 Å². The van der Waals surface area contributed by atoms with E-state index in [1.807, 2.05) is 24.3 Å². The third kappa shape index (κ3) is 6.65. The number of nitrogens with one attached hydrogen (secondary N) is 1. The molecule has 1 aromatic carbocycles. The van der Waals surface area contributed by atoms with Gasteiger partial charge in [-0.25, -0.2) is 9.67 Å². The van der Waals surface area contributed by atoms with Crippen LogP contribution in [0.15, 0.2) is 36.9 Å². The summed E-state index contributed by atoms with van der Waals surface area (Å²) in [6.45, 7) is 5.32. The fraction of sp³-hybridized carbons (Fsp3) is 0.500. The van der Waals surface area contributed by atoms with Crippen molar-refractivity contribution in [2.24, 2.45) is 0 Å². The zero-order valence-electron chi connectivity index (χ0n) is 17.1. The van der Waals surface area contributed by atoms with Crippen LogP contribution in [0.2, 0.25) is 0 Å². The van der Waals surface area contributed by atoms with Crippen LogP contribution in [0.25, 0.3) is 0 Å². The maximum Gasteiger partial charge on any atom is 0.236 e. The van der Waals surface area contributed by atoms with E-state index in [2.05, 4.69) is 25.2 Å². The normalized spacial score (nSPS) is 15.2. The second-order valence-electron chi connectivity index (χ2n) is 7.49. The van der Waals surface area contributed by atoms with E-state index in [0.29, 0.717) is 19.5 Å². The molecule has 1 N–H and O–H groups in total. The van der Waals surface area contributed by atoms with Gasteiger partial charge < -0.3 is 15.1 Å². The van der Waals surface area contributed by atoms with Crippen LogP contribution in [-0.4, -0.2) is 94.6 Å². The van der Waals surface area contributed by atoms with Crippen LogP contribution < -0.4 is 5.32 Å². The summed E-state index contributed by atoms with van der Waals surface area (Å²) in [6.07, 6.45) is 3.64. The number of carbonyl (C=O) groups is 2. The average Bonchev–Trinajstić information content (AvgIpc) is 3.22. The van der Waals surface area contributed by atoms with E-state index in [1.165, 1.54) is 6.33 Å². The number of aromatic nitrogens is 3. The molecule has 0 saturated carbocycles. The number of hydrogen-bond donors (Lipinski definition) is 1. The van der Waals surface area contributed by atoms with Crippen LogP contribution in [0.4, 0.5) is 5.69 Å². The van der Waals surface area contributed by atoms with Crippen molar-refractivity contribution < 1.29 is 9.59 Å². The summed E-state index contributed by atoms with van der Waals surface area (Å²) in [5.41, 5.74) is 1.89. The minimum Gasteiger partial charge on any atom is -0.348 e. The van der Waals surface area contributed by atoms with Crippen LogP contribution in [0.3, 0.4) is 0 Å². The molecule has 1 aliphatic rings. The molecule has 1 aliphatic heterocycles. The predicted molar refractivity (Wildman–Crippen MR) is 110 cm³/mol. The lowest BCUT2D eigenvalue weighted by Gasteiger charge is -2.34. The Morgan fingerprint density at radius 3 is 2.38 bits per heavy atom. The van der Waals surface area contributed by atoms with Gasteiger partial charge in [-0.1, -0.05) is 12.1 Å². The molecule has 1 saturated heterocycles. The number of piperazine rings is 1. The molecule has 0 spiro atoms. The quantitative estimate of drug-likeness (QED) is 0.690. The van der Waals surface area contributed by atoms with Crippen molar-refractivity contribution in [1.82, 2.24) is 29.5 Å². The molecule has 2 heterocycles. The van der Waals surface area contributed by atoms with Gasteiger partial charge in [0, 0.05) is 58.9 Å². The second kappa shape index (κ2) is 10.1. The third-order valence-corrected chi connectivity index (χ3v) is 5.03. The molecule has 3 rings (SSSR count). The topological polar surface area (TPSA) is 86.6 Å². The van der Waals surface area contributed by atoms with Gasteiger partial charge in [0.2, 0.25) is 11.8 Å². The highest BCUT2D eigenvalue weighted by Gasteiger charge is 2.19. The summed E-state index contributed by atoms with van der Waals surface area (Å²) in [5, 5.41) is 7.04. The first-order chi connectivity index (χ1) is 14.0. The van der Waals surface area contributed by atoms with Crippen LogP contribution >= 0.6 is 0 Å². The number of benzene rings is 1. The van der Waals surface area contributed by atoms with Crippen molar-refractivity contribution in [1.29, 1.82) is 0 Å². The number of likely N-dealkylation sites (N-methyl/N-ethyl adjacent to an activating group) is 1. The third-order valence-electron chi connectivity index (χ3n) is 5.03. The molecule has 0 radical (unpaired) electrons. The summed E-state index contributed by atoms with van der Waals surface area (Å²) >= 11 is 0. The molecular formula is C20H29N7O2. The van der Waals surface area contributed by atoms with Crippen molar-refractivity contribution in [3.63, 3.8) is 0 Å². The van der Waals surface area contributed by atoms with E-state index in [0.717, 1.165) is 44.0 Å². The Balaban J connectivity index is 1.35. The highest BCUT2D eigenvalue weighted by molar-refractivity contribution is 5.90. The molecule has 1 aromatic heterocycles. The lowest BCUT2D eigenvalue weighted by atomic mass is 10.2. The molecule has 0 atom stereocenters. The summed E-state index contributed by atoms with van der Waals surface area (Å²) in [4.78, 5) is 34.0. The van der Waals surface area contributed by atoms with Gasteiger partial charge in [-0.2, -0.15) is 5.10 Å². The van der Waals surface area contributed by atoms with Crippen LogP contribution in [0, 0.1) is 0 Å². The highest BCUT2D eigenvalue weighted by atomic mass is 16.2. The molecule has 9 heteroatoms. The summed E-state index contributed by atoms with van der Waals surface area (Å²) < 4.78 is 1.75. The van der Waals surface area contributed by atoms with Crippen molar-refractivity contribution in [3.05, 3.63) is 42.5 Å². The van der Waals surface area contributed by atoms with Gasteiger partial charge in [-0.05, 0) is 17.7 Å². The molecule has 29 heavy (non-hydrogen) atoms. The number of hydrogen-bond acceptors (Lipinski definition) is 6. The van der Waals surface area contributed by atoms with Crippen molar-refractivity contribution >= 4 is 17.5 Å². The van der Waals surface area contributed by atoms with Gasteiger partial charge in [-0.15, -0.1) is 0 Å². The van der Waals surface area contributed by atoms with Gasteiger partial charge in [0.1, 0.15) is 12.7 Å². The number of anilines is 1. The van der Waals surface area contributed by atoms with Gasteiger partial charge in [0.25, 0.3) is 0 Å². The SMILES string of the molecule is CN(C)C(=O)CN1CCN(CCC(=O)Nc2ccc(Cn3cncn3)cc2)CC1. The fourth-order valence-corrected chi connectivity index (χ4v) is 3.18. The molecule has 156 valence electrons. The van der Waals surface area contributed by atoms with Gasteiger partial charge in [-0.3, -0.25) is 14.5 Å². The maximum absolute atomic E-state index is 12.3. The average molecular weight is 399 g/mol. The van der Waals surface area contributed by atoms with E-state index in [1.54, 1.807) is 30.0 Å². The fourth-order valence-electron chi connectivity index (χ4n) is 3.18. The van der Waals surface area contributed by atoms with E-state index < -0.39 is 0 Å². The Bertz CT molecular complexity index is 782. The molecule has 0 unspecified atom stereocenters. The van der Waals surface area contributed by atoms with E-state index >= 15 is 0 Å². The Morgan fingerprint density at radius 1 is 1.07 bits per heavy atom. The molecule has 1 fully saturated rings. The molecule has 9 nitrogen and oxygen atoms in total. The smallest absolute Gasteiger partial charge is 0.236 e. The summed E-state index contributed by atoms with van der Waals surface area (Å²) in [7, 11) is 3.56. The van der Waals surface area contributed by atoms with E-state index in [-0.39, 0.29) is 11.8 Å². The minimum atomic E-state index is 0.0132. The molecular weight excluding hydrogens is 370 g/mol. The number of carbonyl (C=O) groups excluding carboxylic acids is 2. The summed E-state index contributed by atoms with van der Waals surface area (Å²) in [5.74, 6) is 0.143. The van der Waals surface area contributed by atoms with Gasteiger partial charge in [0.15, 0.2) is 0 Å². The molecule has 0 bridgehead atoms. The highest BCUT2D eigenvalue weighted by Crippen LogP contribution is 2.11. The van der Waals surface area contributed by atoms with E-state index in [4.69, 9.17) is 0 Å². The zero-order valence-corrected chi connectivity index (χ0v) is 17.1. The first-order valence-corrected chi connectivity index (χ1v) is 9.85. The minimum absolute atomic E-state index is 0.0132. The predicted octanol–water partition coefficient (Wildman–Crippen LogP) is 0.361. The van der Waals surface area contributed by atoms with Gasteiger partial charge >= 0.3 is 0 Å². The van der Waals surface area contributed by atoms with Crippen molar-refractivity contribution in [2.45, 2.75) is 13.0 Å². The Kier molecular flexibility index (Phi) is 7.31. The Morgan fingerprint density at radius 2 is 1.76 bits per heavy atom. The largest absolute Gasteiger partial charge is 0.348 e. The number of rotatable bonds is 8. The van der Waals surface area contributed by atoms with Gasteiger partial charge in [0.05, 0.1) is 13.1 Å². The van der Waals surface area contributed by atoms with Crippen molar-refractivity contribution in [2.75, 3.05) is 58.7 Å². The van der Waals surface area contributed by atoms with Crippen LogP contribution in [0.5, 0.6) is 0 Å². The number of nitrogens with zero attached hydrogens (tertiary/aromatic N) is 6. The molecule has 0 aliphatic carbocycles. The molecule has 2 aromatic rings. The van der Waals surface area contributed by atoms with Crippen LogP contribution in [-0.2, 0) is 16.1 Å². The molecule has 2 amide bonds. The monoisotopic (exact) mass is 399 g/mol. The standard InChI is InChI=1S/C20H29N7O2/c1-24(2)20(29)14-26-11-9-25(10-12-26)8-7-19(28)23-18-5-3-17(4-6-18)13-27-16-21-15-22-27/h3-6,15-16H,7-14H2,1-2H3,(H,23,28). The van der Waals surface area contributed by atoms with Crippen LogP contribution in [0.1, 0.15) is 12.0 Å². The first-order valence-electron chi connectivity index (χ1n) is 9.85. The second-order valence-corrected chi connectivity index (χ2v) is 7.49. The lowest BCUT2D eigenvalue weighted by Crippen LogP contribution is -2.49. The van der Waals surface area contributed by atoms with E-state index in [9.17, 15) is 9.59 Å².